The van der Waals surface area contributed by atoms with Crippen molar-refractivity contribution in [2.45, 2.75) is 52.2 Å². The van der Waals surface area contributed by atoms with Gasteiger partial charge in [-0.25, -0.2) is 0 Å². The van der Waals surface area contributed by atoms with E-state index in [1.165, 1.54) is 16.8 Å². The zero-order chi connectivity index (χ0) is 23.0. The van der Waals surface area contributed by atoms with Crippen LogP contribution in [0.25, 0.3) is 11.7 Å². The van der Waals surface area contributed by atoms with Crippen LogP contribution in [0.4, 0.5) is 0 Å². The zero-order valence-electron chi connectivity index (χ0n) is 18.6. The molecule has 2 fully saturated rings. The lowest BCUT2D eigenvalue weighted by atomic mass is 10.2. The second kappa shape index (κ2) is 8.78. The van der Waals surface area contributed by atoms with Crippen LogP contribution in [-0.2, 0) is 16.1 Å². The van der Waals surface area contributed by atoms with Gasteiger partial charge in [0.1, 0.15) is 5.65 Å². The molecule has 0 radical (unpaired) electrons. The predicted octanol–water partition coefficient (Wildman–Crippen LogP) is 1.01. The molecule has 10 heteroatoms. The molecule has 0 unspecified atom stereocenters. The standard InChI is InChI=1S/C22H29N5O5/c1-13(2)11-26-20-15(4-7-17(28)25-8-9-32-12-14(25)3)10-23-27(20)22(31)18(21(26)30)19(29)24-16-5-6-16/h4,7,10,13-14,16,30H,5-6,8-9,11-12H2,1-3H3,(H,24,29)/b7-4+/t14-/m0/s1. The number of rotatable bonds is 6. The van der Waals surface area contributed by atoms with Gasteiger partial charge in [0, 0.05) is 30.8 Å². The second-order valence-corrected chi connectivity index (χ2v) is 8.88. The van der Waals surface area contributed by atoms with E-state index in [4.69, 9.17) is 4.74 Å². The maximum Gasteiger partial charge on any atom is 0.291 e. The number of amides is 2. The van der Waals surface area contributed by atoms with Gasteiger partial charge in [-0.05, 0) is 31.8 Å². The molecule has 172 valence electrons. The summed E-state index contributed by atoms with van der Waals surface area (Å²) in [5, 5.41) is 17.9. The number of carbonyl (C=O) groups is 2. The first-order valence-corrected chi connectivity index (χ1v) is 11.0. The van der Waals surface area contributed by atoms with Gasteiger partial charge in [0.15, 0.2) is 5.56 Å². The molecule has 3 heterocycles. The fourth-order valence-electron chi connectivity index (χ4n) is 3.86. The van der Waals surface area contributed by atoms with Gasteiger partial charge in [0.05, 0.1) is 25.5 Å². The summed E-state index contributed by atoms with van der Waals surface area (Å²) in [7, 11) is 0. The van der Waals surface area contributed by atoms with Gasteiger partial charge >= 0.3 is 0 Å². The van der Waals surface area contributed by atoms with Gasteiger partial charge in [-0.1, -0.05) is 13.8 Å². The summed E-state index contributed by atoms with van der Waals surface area (Å²) in [5.74, 6) is -1.03. The number of hydrogen-bond acceptors (Lipinski definition) is 6. The highest BCUT2D eigenvalue weighted by Crippen LogP contribution is 2.24. The summed E-state index contributed by atoms with van der Waals surface area (Å²) in [4.78, 5) is 40.1. The number of nitrogens with one attached hydrogen (secondary N) is 1. The van der Waals surface area contributed by atoms with Gasteiger partial charge in [-0.3, -0.25) is 19.0 Å². The summed E-state index contributed by atoms with van der Waals surface area (Å²) >= 11 is 0. The number of nitrogens with zero attached hydrogens (tertiary/aromatic N) is 4. The van der Waals surface area contributed by atoms with Gasteiger partial charge in [0.25, 0.3) is 11.5 Å². The smallest absolute Gasteiger partial charge is 0.291 e. The van der Waals surface area contributed by atoms with Crippen molar-refractivity contribution in [2.75, 3.05) is 19.8 Å². The molecule has 1 aliphatic heterocycles. The van der Waals surface area contributed by atoms with Crippen molar-refractivity contribution in [3.8, 4) is 5.88 Å². The van der Waals surface area contributed by atoms with Crippen molar-refractivity contribution in [2.24, 2.45) is 5.92 Å². The van der Waals surface area contributed by atoms with Crippen molar-refractivity contribution >= 4 is 23.5 Å². The summed E-state index contributed by atoms with van der Waals surface area (Å²) in [5.41, 5.74) is -0.171. The number of aromatic hydroxyl groups is 1. The normalized spacial score (nSPS) is 19.2. The Labute approximate surface area is 185 Å². The monoisotopic (exact) mass is 443 g/mol. The first kappa shape index (κ1) is 22.1. The maximum absolute atomic E-state index is 13.0. The van der Waals surface area contributed by atoms with Crippen LogP contribution in [0.2, 0.25) is 0 Å². The van der Waals surface area contributed by atoms with E-state index >= 15 is 0 Å². The SMILES string of the molecule is CC(C)Cn1c(O)c(C(=O)NC2CC2)c(=O)n2ncc(/C=C/C(=O)N3CCOC[C@@H]3C)c12. The highest BCUT2D eigenvalue weighted by molar-refractivity contribution is 5.97. The molecular formula is C22H29N5O5. The Morgan fingerprint density at radius 2 is 2.12 bits per heavy atom. The zero-order valence-corrected chi connectivity index (χ0v) is 18.6. The minimum Gasteiger partial charge on any atom is -0.494 e. The van der Waals surface area contributed by atoms with Crippen molar-refractivity contribution < 1.29 is 19.4 Å². The van der Waals surface area contributed by atoms with Crippen molar-refractivity contribution in [1.29, 1.82) is 0 Å². The Hall–Kier alpha value is -3.14. The second-order valence-electron chi connectivity index (χ2n) is 8.88. The molecule has 2 aliphatic rings. The van der Waals surface area contributed by atoms with Gasteiger partial charge < -0.3 is 20.1 Å². The molecule has 0 aromatic carbocycles. The van der Waals surface area contributed by atoms with Crippen LogP contribution < -0.4 is 10.9 Å². The highest BCUT2D eigenvalue weighted by atomic mass is 16.5. The van der Waals surface area contributed by atoms with Crippen molar-refractivity contribution in [3.05, 3.63) is 33.8 Å². The number of fused-ring (bicyclic) bond motifs is 1. The molecule has 2 aromatic heterocycles. The van der Waals surface area contributed by atoms with Crippen LogP contribution >= 0.6 is 0 Å². The lowest BCUT2D eigenvalue weighted by Crippen LogP contribution is -2.46. The molecule has 1 saturated carbocycles. The first-order chi connectivity index (χ1) is 15.3. The molecule has 1 aliphatic carbocycles. The van der Waals surface area contributed by atoms with E-state index in [2.05, 4.69) is 10.4 Å². The molecule has 10 nitrogen and oxygen atoms in total. The number of carbonyl (C=O) groups excluding carboxylic acids is 2. The van der Waals surface area contributed by atoms with E-state index in [-0.39, 0.29) is 29.5 Å². The van der Waals surface area contributed by atoms with Crippen LogP contribution in [-0.4, -0.2) is 67.8 Å². The van der Waals surface area contributed by atoms with Crippen LogP contribution in [0.1, 0.15) is 49.5 Å². The van der Waals surface area contributed by atoms with Gasteiger partial charge in [0.2, 0.25) is 11.8 Å². The van der Waals surface area contributed by atoms with Crippen LogP contribution in [0.5, 0.6) is 5.88 Å². The molecule has 0 spiro atoms. The van der Waals surface area contributed by atoms with E-state index in [1.54, 1.807) is 11.0 Å². The minimum atomic E-state index is -0.691. The Kier molecular flexibility index (Phi) is 6.05. The number of ether oxygens (including phenoxy) is 1. The number of hydrogen-bond donors (Lipinski definition) is 2. The predicted molar refractivity (Wildman–Crippen MR) is 117 cm³/mol. The summed E-state index contributed by atoms with van der Waals surface area (Å²) in [6.07, 6.45) is 6.21. The molecule has 1 saturated heterocycles. The topological polar surface area (TPSA) is 118 Å². The van der Waals surface area contributed by atoms with E-state index in [9.17, 15) is 19.5 Å². The molecule has 2 amide bonds. The van der Waals surface area contributed by atoms with Crippen LogP contribution in [0, 0.1) is 5.92 Å². The maximum atomic E-state index is 13.0. The van der Waals surface area contributed by atoms with E-state index in [1.807, 2.05) is 20.8 Å². The molecule has 4 rings (SSSR count). The molecule has 1 atom stereocenters. The molecular weight excluding hydrogens is 414 g/mol. The third-order valence-corrected chi connectivity index (χ3v) is 5.66. The van der Waals surface area contributed by atoms with Crippen LogP contribution in [0.15, 0.2) is 17.1 Å². The van der Waals surface area contributed by atoms with Gasteiger partial charge in [-0.2, -0.15) is 9.61 Å². The molecule has 32 heavy (non-hydrogen) atoms. The summed E-state index contributed by atoms with van der Waals surface area (Å²) in [6, 6.07) is 0.0146. The first-order valence-electron chi connectivity index (χ1n) is 11.0. The summed E-state index contributed by atoms with van der Waals surface area (Å²) in [6.45, 7) is 7.71. The minimum absolute atomic E-state index is 0.0273. The fraction of sp³-hybridized carbons (Fsp3) is 0.545. The molecule has 2 aromatic rings. The average Bonchev–Trinajstić information content (AvgIpc) is 3.45. The number of aromatic nitrogens is 3. The number of morpholine rings is 1. The van der Waals surface area contributed by atoms with Gasteiger partial charge in [-0.15, -0.1) is 0 Å². The third-order valence-electron chi connectivity index (χ3n) is 5.66. The van der Waals surface area contributed by atoms with Crippen molar-refractivity contribution in [3.63, 3.8) is 0 Å². The van der Waals surface area contributed by atoms with Crippen LogP contribution in [0.3, 0.4) is 0 Å². The third kappa shape index (κ3) is 4.27. The Balaban J connectivity index is 1.75. The molecule has 2 N–H and O–H groups in total. The van der Waals surface area contributed by atoms with E-state index in [0.717, 1.165) is 17.4 Å². The van der Waals surface area contributed by atoms with E-state index < -0.39 is 17.3 Å². The quantitative estimate of drug-likeness (QED) is 0.644. The lowest BCUT2D eigenvalue weighted by Gasteiger charge is -2.32. The lowest BCUT2D eigenvalue weighted by molar-refractivity contribution is -0.133. The summed E-state index contributed by atoms with van der Waals surface area (Å²) < 4.78 is 8.01. The van der Waals surface area contributed by atoms with Crippen molar-refractivity contribution in [1.82, 2.24) is 24.4 Å². The van der Waals surface area contributed by atoms with E-state index in [0.29, 0.717) is 37.5 Å². The Morgan fingerprint density at radius 3 is 2.78 bits per heavy atom. The Morgan fingerprint density at radius 1 is 1.38 bits per heavy atom. The highest BCUT2D eigenvalue weighted by Gasteiger charge is 2.30. The average molecular weight is 444 g/mol. The molecule has 0 bridgehead atoms. The largest absolute Gasteiger partial charge is 0.494 e. The fourth-order valence-corrected chi connectivity index (χ4v) is 3.86. The Bertz CT molecular complexity index is 1130.